The van der Waals surface area contributed by atoms with Crippen molar-refractivity contribution in [3.8, 4) is 0 Å². The van der Waals surface area contributed by atoms with Crippen LogP contribution in [0.25, 0.3) is 0 Å². The van der Waals surface area contributed by atoms with Gasteiger partial charge in [0.05, 0.1) is 0 Å². The van der Waals surface area contributed by atoms with E-state index in [1.807, 2.05) is 6.92 Å². The SMILES string of the molecule is CCCCCCCC/C=C/CCCCCCCC(=O)OC(C)C(C)C. The Hall–Kier alpha value is -0.790. The van der Waals surface area contributed by atoms with E-state index < -0.39 is 0 Å². The van der Waals surface area contributed by atoms with Crippen molar-refractivity contribution in [1.29, 1.82) is 0 Å². The molecule has 0 aromatic heterocycles. The molecule has 2 heteroatoms. The van der Waals surface area contributed by atoms with Crippen molar-refractivity contribution in [1.82, 2.24) is 0 Å². The Balaban J connectivity index is 3.28. The van der Waals surface area contributed by atoms with Gasteiger partial charge in [-0.1, -0.05) is 84.3 Å². The number of rotatable bonds is 17. The van der Waals surface area contributed by atoms with Crippen LogP contribution >= 0.6 is 0 Å². The second-order valence-electron chi connectivity index (χ2n) is 7.77. The summed E-state index contributed by atoms with van der Waals surface area (Å²) in [6.45, 7) is 8.41. The molecule has 0 aliphatic heterocycles. The molecule has 0 rings (SSSR count). The van der Waals surface area contributed by atoms with Crippen LogP contribution in [0.1, 0.15) is 118 Å². The number of hydrogen-bond acceptors (Lipinski definition) is 2. The quantitative estimate of drug-likeness (QED) is 0.153. The number of carbonyl (C=O) groups is 1. The van der Waals surface area contributed by atoms with E-state index in [9.17, 15) is 4.79 Å². The second-order valence-corrected chi connectivity index (χ2v) is 7.77. The van der Waals surface area contributed by atoms with E-state index in [-0.39, 0.29) is 12.1 Å². The van der Waals surface area contributed by atoms with Crippen LogP contribution < -0.4 is 0 Å². The molecule has 0 heterocycles. The molecule has 0 aliphatic carbocycles. The monoisotopic (exact) mass is 352 g/mol. The van der Waals surface area contributed by atoms with Gasteiger partial charge in [0.25, 0.3) is 0 Å². The summed E-state index contributed by atoms with van der Waals surface area (Å²) in [5.41, 5.74) is 0. The maximum absolute atomic E-state index is 11.7. The van der Waals surface area contributed by atoms with Crippen molar-refractivity contribution in [2.75, 3.05) is 0 Å². The van der Waals surface area contributed by atoms with Gasteiger partial charge in [-0.3, -0.25) is 4.79 Å². The fourth-order valence-electron chi connectivity index (χ4n) is 2.74. The zero-order valence-corrected chi connectivity index (χ0v) is 17.5. The molecule has 2 nitrogen and oxygen atoms in total. The Labute approximate surface area is 157 Å². The minimum Gasteiger partial charge on any atom is -0.462 e. The van der Waals surface area contributed by atoms with Gasteiger partial charge < -0.3 is 4.74 Å². The topological polar surface area (TPSA) is 26.3 Å². The fourth-order valence-corrected chi connectivity index (χ4v) is 2.74. The van der Waals surface area contributed by atoms with Gasteiger partial charge in [0.2, 0.25) is 0 Å². The molecule has 1 atom stereocenters. The van der Waals surface area contributed by atoms with E-state index in [1.165, 1.54) is 70.6 Å². The molecule has 148 valence electrons. The highest BCUT2D eigenvalue weighted by Crippen LogP contribution is 2.11. The molecule has 0 aromatic carbocycles. The van der Waals surface area contributed by atoms with Crippen molar-refractivity contribution in [3.05, 3.63) is 12.2 Å². The fraction of sp³-hybridized carbons (Fsp3) is 0.870. The Morgan fingerprint density at radius 2 is 1.24 bits per heavy atom. The zero-order chi connectivity index (χ0) is 18.8. The lowest BCUT2D eigenvalue weighted by Crippen LogP contribution is -2.19. The first-order valence-electron chi connectivity index (χ1n) is 10.9. The number of carbonyl (C=O) groups excluding carboxylic acids is 1. The van der Waals surface area contributed by atoms with Gasteiger partial charge in [-0.05, 0) is 44.9 Å². The molecule has 0 N–H and O–H groups in total. The summed E-state index contributed by atoms with van der Waals surface area (Å²) < 4.78 is 5.38. The first-order chi connectivity index (χ1) is 12.1. The standard InChI is InChI=1S/C23H44O2/c1-5-6-7-8-9-10-11-12-13-14-15-16-17-18-19-20-23(24)25-22(4)21(2)3/h12-13,21-22H,5-11,14-20H2,1-4H3/b13-12+. The molecule has 0 radical (unpaired) electrons. The summed E-state index contributed by atoms with van der Waals surface area (Å²) in [5, 5.41) is 0. The van der Waals surface area contributed by atoms with Gasteiger partial charge in [-0.25, -0.2) is 0 Å². The molecule has 1 unspecified atom stereocenters. The molecule has 0 saturated heterocycles. The number of unbranched alkanes of at least 4 members (excludes halogenated alkanes) is 11. The molecule has 0 saturated carbocycles. The molecular weight excluding hydrogens is 308 g/mol. The third-order valence-electron chi connectivity index (χ3n) is 4.90. The third-order valence-corrected chi connectivity index (χ3v) is 4.90. The van der Waals surface area contributed by atoms with Crippen LogP contribution in [0.2, 0.25) is 0 Å². The first kappa shape index (κ1) is 24.2. The van der Waals surface area contributed by atoms with Crippen LogP contribution in [0.3, 0.4) is 0 Å². The summed E-state index contributed by atoms with van der Waals surface area (Å²) in [5.74, 6) is 0.372. The van der Waals surface area contributed by atoms with Gasteiger partial charge in [-0.2, -0.15) is 0 Å². The van der Waals surface area contributed by atoms with Crippen LogP contribution in [-0.2, 0) is 9.53 Å². The van der Waals surface area contributed by atoms with Crippen LogP contribution in [-0.4, -0.2) is 12.1 Å². The van der Waals surface area contributed by atoms with Crippen LogP contribution in [0, 0.1) is 5.92 Å². The average Bonchev–Trinajstić information content (AvgIpc) is 2.58. The first-order valence-corrected chi connectivity index (χ1v) is 10.9. The van der Waals surface area contributed by atoms with Crippen molar-refractivity contribution < 1.29 is 9.53 Å². The summed E-state index contributed by atoms with van der Waals surface area (Å²) in [6, 6.07) is 0. The maximum Gasteiger partial charge on any atom is 0.306 e. The summed E-state index contributed by atoms with van der Waals surface area (Å²) in [4.78, 5) is 11.7. The van der Waals surface area contributed by atoms with E-state index >= 15 is 0 Å². The Bertz CT molecular complexity index is 320. The molecule has 0 fully saturated rings. The Morgan fingerprint density at radius 3 is 1.76 bits per heavy atom. The average molecular weight is 353 g/mol. The van der Waals surface area contributed by atoms with Crippen molar-refractivity contribution in [3.63, 3.8) is 0 Å². The molecule has 0 bridgehead atoms. The van der Waals surface area contributed by atoms with E-state index in [2.05, 4.69) is 32.9 Å². The van der Waals surface area contributed by atoms with E-state index in [1.54, 1.807) is 0 Å². The van der Waals surface area contributed by atoms with Gasteiger partial charge >= 0.3 is 5.97 Å². The van der Waals surface area contributed by atoms with Gasteiger partial charge in [0.1, 0.15) is 6.10 Å². The Kier molecular flexibility index (Phi) is 17.4. The summed E-state index contributed by atoms with van der Waals surface area (Å²) >= 11 is 0. The lowest BCUT2D eigenvalue weighted by molar-refractivity contribution is -0.150. The highest BCUT2D eigenvalue weighted by molar-refractivity contribution is 5.69. The zero-order valence-electron chi connectivity index (χ0n) is 17.5. The lowest BCUT2D eigenvalue weighted by atomic mass is 10.1. The molecule has 0 aromatic rings. The van der Waals surface area contributed by atoms with Crippen LogP contribution in [0.5, 0.6) is 0 Å². The predicted molar refractivity (Wildman–Crippen MR) is 110 cm³/mol. The number of allylic oxidation sites excluding steroid dienone is 2. The van der Waals surface area contributed by atoms with Gasteiger partial charge in [0.15, 0.2) is 0 Å². The summed E-state index contributed by atoms with van der Waals surface area (Å²) in [6.07, 6.45) is 22.0. The van der Waals surface area contributed by atoms with Gasteiger partial charge in [0, 0.05) is 6.42 Å². The largest absolute Gasteiger partial charge is 0.462 e. The van der Waals surface area contributed by atoms with Gasteiger partial charge in [-0.15, -0.1) is 0 Å². The Morgan fingerprint density at radius 1 is 0.760 bits per heavy atom. The number of hydrogen-bond donors (Lipinski definition) is 0. The highest BCUT2D eigenvalue weighted by Gasteiger charge is 2.12. The number of ether oxygens (including phenoxy) is 1. The van der Waals surface area contributed by atoms with E-state index in [0.717, 1.165) is 12.8 Å². The lowest BCUT2D eigenvalue weighted by Gasteiger charge is -2.16. The minimum absolute atomic E-state index is 0.0289. The molecule has 0 aliphatic rings. The van der Waals surface area contributed by atoms with Crippen molar-refractivity contribution in [2.45, 2.75) is 124 Å². The smallest absolute Gasteiger partial charge is 0.306 e. The summed E-state index contributed by atoms with van der Waals surface area (Å²) in [7, 11) is 0. The maximum atomic E-state index is 11.7. The second kappa shape index (κ2) is 18.0. The third kappa shape index (κ3) is 17.8. The van der Waals surface area contributed by atoms with E-state index in [4.69, 9.17) is 4.74 Å². The van der Waals surface area contributed by atoms with Crippen LogP contribution in [0.4, 0.5) is 0 Å². The predicted octanol–water partition coefficient (Wildman–Crippen LogP) is 7.61. The van der Waals surface area contributed by atoms with Crippen LogP contribution in [0.15, 0.2) is 12.2 Å². The van der Waals surface area contributed by atoms with E-state index in [0.29, 0.717) is 12.3 Å². The number of esters is 1. The molecule has 0 spiro atoms. The minimum atomic E-state index is -0.0289. The molecular formula is C23H44O2. The van der Waals surface area contributed by atoms with Crippen molar-refractivity contribution in [2.24, 2.45) is 5.92 Å². The normalized spacial score (nSPS) is 12.8. The molecule has 0 amide bonds. The van der Waals surface area contributed by atoms with Crippen molar-refractivity contribution >= 4 is 5.97 Å². The molecule has 25 heavy (non-hydrogen) atoms. The highest BCUT2D eigenvalue weighted by atomic mass is 16.5.